The van der Waals surface area contributed by atoms with Gasteiger partial charge in [-0.25, -0.2) is 4.79 Å². The summed E-state index contributed by atoms with van der Waals surface area (Å²) in [5, 5.41) is 15.6. The molecular weight excluding hydrogens is 302 g/mol. The van der Waals surface area contributed by atoms with E-state index in [0.717, 1.165) is 25.2 Å². The Morgan fingerprint density at radius 1 is 1.41 bits per heavy atom. The molecule has 2 rings (SSSR count). The lowest BCUT2D eigenvalue weighted by atomic mass is 10.2. The van der Waals surface area contributed by atoms with Crippen LogP contribution in [0, 0.1) is 0 Å². The van der Waals surface area contributed by atoms with Crippen molar-refractivity contribution in [2.75, 3.05) is 29.9 Å². The molecular formula is C16H24ClN3O2. The Hall–Kier alpha value is -1.46. The molecule has 1 aromatic carbocycles. The van der Waals surface area contributed by atoms with Gasteiger partial charge in [0, 0.05) is 25.3 Å². The lowest BCUT2D eigenvalue weighted by Crippen LogP contribution is -2.35. The topological polar surface area (TPSA) is 64.6 Å². The van der Waals surface area contributed by atoms with E-state index in [0.29, 0.717) is 17.1 Å². The van der Waals surface area contributed by atoms with E-state index in [2.05, 4.69) is 15.5 Å². The van der Waals surface area contributed by atoms with Gasteiger partial charge in [0.2, 0.25) is 0 Å². The summed E-state index contributed by atoms with van der Waals surface area (Å²) in [4.78, 5) is 14.0. The van der Waals surface area contributed by atoms with E-state index in [1.165, 1.54) is 12.8 Å². The first kappa shape index (κ1) is 16.9. The molecule has 1 saturated heterocycles. The smallest absolute Gasteiger partial charge is 0.319 e. The van der Waals surface area contributed by atoms with Gasteiger partial charge in [0.15, 0.2) is 0 Å². The third-order valence-electron chi connectivity index (χ3n) is 3.77. The van der Waals surface area contributed by atoms with Crippen LogP contribution in [0.3, 0.4) is 0 Å². The van der Waals surface area contributed by atoms with Gasteiger partial charge in [0.05, 0.1) is 16.8 Å². The van der Waals surface area contributed by atoms with Gasteiger partial charge in [0.1, 0.15) is 0 Å². The molecule has 5 nitrogen and oxygen atoms in total. The van der Waals surface area contributed by atoms with Gasteiger partial charge in [-0.3, -0.25) is 0 Å². The van der Waals surface area contributed by atoms with Crippen LogP contribution < -0.4 is 15.5 Å². The van der Waals surface area contributed by atoms with E-state index in [1.807, 2.05) is 19.1 Å². The van der Waals surface area contributed by atoms with Crippen LogP contribution in [0.15, 0.2) is 18.2 Å². The van der Waals surface area contributed by atoms with Crippen molar-refractivity contribution in [3.05, 3.63) is 23.2 Å². The lowest BCUT2D eigenvalue weighted by molar-refractivity contribution is 0.162. The van der Waals surface area contributed by atoms with Crippen molar-refractivity contribution in [2.45, 2.75) is 38.7 Å². The molecule has 0 radical (unpaired) electrons. The number of urea groups is 1. The zero-order chi connectivity index (χ0) is 15.9. The van der Waals surface area contributed by atoms with Crippen molar-refractivity contribution in [1.82, 2.24) is 5.32 Å². The van der Waals surface area contributed by atoms with Gasteiger partial charge >= 0.3 is 6.03 Å². The number of anilines is 2. The third-order valence-corrected chi connectivity index (χ3v) is 4.08. The van der Waals surface area contributed by atoms with Gasteiger partial charge in [-0.15, -0.1) is 0 Å². The Kier molecular flexibility index (Phi) is 6.34. The van der Waals surface area contributed by atoms with Crippen molar-refractivity contribution < 1.29 is 9.90 Å². The maximum absolute atomic E-state index is 11.8. The summed E-state index contributed by atoms with van der Waals surface area (Å²) in [5.41, 5.74) is 1.67. The molecule has 1 unspecified atom stereocenters. The molecule has 1 aromatic rings. The zero-order valence-electron chi connectivity index (χ0n) is 12.9. The highest BCUT2D eigenvalue weighted by molar-refractivity contribution is 6.33. The number of aliphatic hydroxyl groups excluding tert-OH is 1. The van der Waals surface area contributed by atoms with Crippen LogP contribution in [0.1, 0.15) is 32.6 Å². The highest BCUT2D eigenvalue weighted by Gasteiger charge is 2.15. The molecule has 2 amide bonds. The summed E-state index contributed by atoms with van der Waals surface area (Å²) in [6.07, 6.45) is 3.45. The Balaban J connectivity index is 1.87. The number of hydrogen-bond donors (Lipinski definition) is 3. The number of amides is 2. The maximum Gasteiger partial charge on any atom is 0.319 e. The highest BCUT2D eigenvalue weighted by Crippen LogP contribution is 2.31. The Morgan fingerprint density at radius 3 is 2.77 bits per heavy atom. The lowest BCUT2D eigenvalue weighted by Gasteiger charge is -2.19. The zero-order valence-corrected chi connectivity index (χ0v) is 13.7. The number of aliphatic hydroxyl groups is 1. The van der Waals surface area contributed by atoms with Crippen LogP contribution in [0.25, 0.3) is 0 Å². The second-order valence-electron chi connectivity index (χ2n) is 5.64. The van der Waals surface area contributed by atoms with E-state index in [-0.39, 0.29) is 12.6 Å². The summed E-state index contributed by atoms with van der Waals surface area (Å²) in [6, 6.07) is 5.22. The first-order chi connectivity index (χ1) is 10.6. The van der Waals surface area contributed by atoms with Crippen LogP contribution in [0.4, 0.5) is 16.2 Å². The predicted octanol–water partition coefficient (Wildman–Crippen LogP) is 3.22. The summed E-state index contributed by atoms with van der Waals surface area (Å²) >= 11 is 6.31. The molecule has 0 aromatic heterocycles. The molecule has 0 bridgehead atoms. The molecule has 6 heteroatoms. The monoisotopic (exact) mass is 325 g/mol. The molecule has 1 heterocycles. The number of carbonyl (C=O) groups excluding carboxylic acids is 1. The van der Waals surface area contributed by atoms with Gasteiger partial charge in [-0.2, -0.15) is 0 Å². The van der Waals surface area contributed by atoms with Gasteiger partial charge < -0.3 is 20.6 Å². The first-order valence-electron chi connectivity index (χ1n) is 7.87. The second-order valence-corrected chi connectivity index (χ2v) is 6.05. The molecule has 0 saturated carbocycles. The van der Waals surface area contributed by atoms with Crippen LogP contribution in [-0.2, 0) is 0 Å². The molecule has 22 heavy (non-hydrogen) atoms. The van der Waals surface area contributed by atoms with Crippen LogP contribution in [-0.4, -0.2) is 36.9 Å². The fraction of sp³-hybridized carbons (Fsp3) is 0.562. The fourth-order valence-corrected chi connectivity index (χ4v) is 2.92. The minimum atomic E-state index is -0.503. The summed E-state index contributed by atoms with van der Waals surface area (Å²) in [6.45, 7) is 4.30. The third kappa shape index (κ3) is 4.78. The predicted molar refractivity (Wildman–Crippen MR) is 90.8 cm³/mol. The minimum Gasteiger partial charge on any atom is -0.391 e. The van der Waals surface area contributed by atoms with E-state index < -0.39 is 6.10 Å². The molecule has 1 atom stereocenters. The highest BCUT2D eigenvalue weighted by atomic mass is 35.5. The fourth-order valence-electron chi connectivity index (χ4n) is 2.62. The van der Waals surface area contributed by atoms with Crippen LogP contribution in [0.2, 0.25) is 5.02 Å². The van der Waals surface area contributed by atoms with Crippen molar-refractivity contribution in [3.8, 4) is 0 Å². The Morgan fingerprint density at radius 2 is 2.14 bits per heavy atom. The van der Waals surface area contributed by atoms with Crippen molar-refractivity contribution in [2.24, 2.45) is 0 Å². The van der Waals surface area contributed by atoms with Gasteiger partial charge in [-0.1, -0.05) is 24.9 Å². The Labute approximate surface area is 136 Å². The summed E-state index contributed by atoms with van der Waals surface area (Å²) < 4.78 is 0. The molecule has 122 valence electrons. The molecule has 0 spiro atoms. The summed E-state index contributed by atoms with van der Waals surface area (Å²) in [5.74, 6) is 0. The first-order valence-corrected chi connectivity index (χ1v) is 8.25. The standard InChI is InChI=1S/C16H24ClN3O2/c1-2-5-13(21)11-18-16(22)19-12-6-7-15(14(17)10-12)20-8-3-4-9-20/h6-7,10,13,21H,2-5,8-9,11H2,1H3,(H2,18,19,22). The summed E-state index contributed by atoms with van der Waals surface area (Å²) in [7, 11) is 0. The quantitative estimate of drug-likeness (QED) is 0.752. The number of hydrogen-bond acceptors (Lipinski definition) is 3. The number of rotatable bonds is 6. The molecule has 0 aliphatic carbocycles. The van der Waals surface area contributed by atoms with Gasteiger partial charge in [-0.05, 0) is 37.5 Å². The van der Waals surface area contributed by atoms with E-state index in [9.17, 15) is 9.90 Å². The van der Waals surface area contributed by atoms with Crippen molar-refractivity contribution in [3.63, 3.8) is 0 Å². The molecule has 3 N–H and O–H groups in total. The molecule has 1 fully saturated rings. The minimum absolute atomic E-state index is 0.249. The number of carbonyl (C=O) groups is 1. The number of benzene rings is 1. The van der Waals surface area contributed by atoms with E-state index in [1.54, 1.807) is 6.07 Å². The number of nitrogens with zero attached hydrogens (tertiary/aromatic N) is 1. The second kappa shape index (κ2) is 8.25. The van der Waals surface area contributed by atoms with E-state index in [4.69, 9.17) is 11.6 Å². The van der Waals surface area contributed by atoms with Gasteiger partial charge in [0.25, 0.3) is 0 Å². The molecule has 1 aliphatic heterocycles. The van der Waals surface area contributed by atoms with E-state index >= 15 is 0 Å². The average molecular weight is 326 g/mol. The SMILES string of the molecule is CCCC(O)CNC(=O)Nc1ccc(N2CCCC2)c(Cl)c1. The normalized spacial score (nSPS) is 15.7. The van der Waals surface area contributed by atoms with Crippen LogP contribution in [0.5, 0.6) is 0 Å². The van der Waals surface area contributed by atoms with Crippen molar-refractivity contribution in [1.29, 1.82) is 0 Å². The van der Waals surface area contributed by atoms with Crippen LogP contribution >= 0.6 is 11.6 Å². The maximum atomic E-state index is 11.8. The number of halogens is 1. The van der Waals surface area contributed by atoms with Crippen molar-refractivity contribution >= 4 is 29.0 Å². The largest absolute Gasteiger partial charge is 0.391 e. The average Bonchev–Trinajstić information content (AvgIpc) is 2.99. The number of nitrogens with one attached hydrogen (secondary N) is 2. The molecule has 1 aliphatic rings. The Bertz CT molecular complexity index is 504.